The topological polar surface area (TPSA) is 134 Å². The predicted octanol–water partition coefficient (Wildman–Crippen LogP) is 0.0670. The molecule has 0 unspecified atom stereocenters. The molecule has 11 heteroatoms. The Kier molecular flexibility index (Phi) is 8.75. The van der Waals surface area contributed by atoms with E-state index >= 15 is 0 Å². The lowest BCUT2D eigenvalue weighted by Gasteiger charge is -2.31. The van der Waals surface area contributed by atoms with Crippen molar-refractivity contribution in [2.24, 2.45) is 0 Å². The highest BCUT2D eigenvalue weighted by atomic mass is 32.2. The zero-order valence-corrected chi connectivity index (χ0v) is 18.0. The summed E-state index contributed by atoms with van der Waals surface area (Å²) >= 11 is 0. The van der Waals surface area contributed by atoms with Crippen molar-refractivity contribution < 1.29 is 27.5 Å². The van der Waals surface area contributed by atoms with Crippen LogP contribution in [-0.2, 0) is 29.1 Å². The smallest absolute Gasteiger partial charge is 0.245 e. The number of sulfonamides is 1. The number of benzene rings is 1. The molecule has 0 radical (unpaired) electrons. The van der Waals surface area contributed by atoms with Gasteiger partial charge in [0.05, 0.1) is 4.90 Å². The Morgan fingerprint density at radius 1 is 1.10 bits per heavy atom. The fourth-order valence-corrected chi connectivity index (χ4v) is 4.57. The van der Waals surface area contributed by atoms with Gasteiger partial charge in [-0.15, -0.1) is 0 Å². The van der Waals surface area contributed by atoms with E-state index in [0.717, 1.165) is 0 Å². The molecule has 1 saturated heterocycles. The molecule has 1 aliphatic heterocycles. The molecule has 1 aromatic carbocycles. The van der Waals surface area contributed by atoms with Crippen molar-refractivity contribution >= 4 is 33.4 Å². The molecule has 3 N–H and O–H groups in total. The van der Waals surface area contributed by atoms with Crippen molar-refractivity contribution in [2.45, 2.75) is 37.1 Å². The Morgan fingerprint density at radius 2 is 1.73 bits per heavy atom. The van der Waals surface area contributed by atoms with E-state index in [0.29, 0.717) is 31.6 Å². The van der Waals surface area contributed by atoms with Crippen LogP contribution in [-0.4, -0.2) is 69.8 Å². The molecule has 1 aliphatic rings. The third kappa shape index (κ3) is 7.08. The summed E-state index contributed by atoms with van der Waals surface area (Å²) in [7, 11) is -2.22. The van der Waals surface area contributed by atoms with Crippen molar-refractivity contribution in [2.75, 3.05) is 38.7 Å². The quantitative estimate of drug-likeness (QED) is 0.497. The number of carbonyl (C=O) groups excluding carboxylic acids is 3. The van der Waals surface area contributed by atoms with Crippen molar-refractivity contribution in [3.8, 4) is 0 Å². The highest BCUT2D eigenvalue weighted by molar-refractivity contribution is 7.89. The molecule has 1 fully saturated rings. The summed E-state index contributed by atoms with van der Waals surface area (Å²) in [5.41, 5.74) is 0.529. The van der Waals surface area contributed by atoms with Gasteiger partial charge in [0.2, 0.25) is 27.7 Å². The number of methoxy groups -OCH3 is 1. The van der Waals surface area contributed by atoms with E-state index in [1.807, 2.05) is 0 Å². The second kappa shape index (κ2) is 11.0. The average molecular weight is 441 g/mol. The Morgan fingerprint density at radius 3 is 2.30 bits per heavy atom. The highest BCUT2D eigenvalue weighted by Gasteiger charge is 2.29. The number of nitrogens with zero attached hydrogens (tertiary/aromatic N) is 1. The van der Waals surface area contributed by atoms with Gasteiger partial charge in [-0.2, -0.15) is 4.31 Å². The molecule has 1 aromatic rings. The maximum absolute atomic E-state index is 12.8. The molecule has 166 valence electrons. The highest BCUT2D eigenvalue weighted by Crippen LogP contribution is 2.22. The molecular formula is C19H28N4O6S. The summed E-state index contributed by atoms with van der Waals surface area (Å²) in [6.07, 6.45) is 1.16. The Balaban J connectivity index is 1.80. The lowest BCUT2D eigenvalue weighted by Crippen LogP contribution is -2.47. The Bertz CT molecular complexity index is 848. The molecule has 0 aliphatic carbocycles. The van der Waals surface area contributed by atoms with Crippen LogP contribution < -0.4 is 16.0 Å². The van der Waals surface area contributed by atoms with Gasteiger partial charge in [-0.25, -0.2) is 8.42 Å². The summed E-state index contributed by atoms with van der Waals surface area (Å²) in [6, 6.07) is 5.92. The first-order valence-electron chi connectivity index (χ1n) is 9.65. The summed E-state index contributed by atoms with van der Waals surface area (Å²) in [4.78, 5) is 34.5. The van der Waals surface area contributed by atoms with Gasteiger partial charge in [0.1, 0.15) is 6.61 Å². The third-order valence-corrected chi connectivity index (χ3v) is 6.49. The molecule has 10 nitrogen and oxygen atoms in total. The lowest BCUT2D eigenvalue weighted by molar-refractivity contribution is -0.125. The van der Waals surface area contributed by atoms with E-state index in [1.165, 1.54) is 30.5 Å². The number of amides is 3. The Labute approximate surface area is 176 Å². The number of ether oxygens (including phenoxy) is 1. The number of hydrogen-bond donors (Lipinski definition) is 3. The van der Waals surface area contributed by atoms with Gasteiger partial charge in [-0.1, -0.05) is 0 Å². The molecule has 2 rings (SSSR count). The molecule has 0 aromatic heterocycles. The first-order chi connectivity index (χ1) is 14.2. The normalized spacial score (nSPS) is 15.4. The average Bonchev–Trinajstić information content (AvgIpc) is 2.68. The summed E-state index contributed by atoms with van der Waals surface area (Å²) in [6.45, 7) is 2.14. The van der Waals surface area contributed by atoms with Crippen LogP contribution in [0.2, 0.25) is 0 Å². The van der Waals surface area contributed by atoms with Crippen LogP contribution in [0.25, 0.3) is 0 Å². The second-order valence-corrected chi connectivity index (χ2v) is 8.92. The molecule has 30 heavy (non-hydrogen) atoms. The van der Waals surface area contributed by atoms with E-state index < -0.39 is 10.0 Å². The van der Waals surface area contributed by atoms with Crippen LogP contribution in [0.5, 0.6) is 0 Å². The SMILES string of the molecule is COCC(=O)NCCC(=O)NC1CCN(S(=O)(=O)c2ccc(NC(C)=O)cc2)CC1. The van der Waals surface area contributed by atoms with Gasteiger partial charge in [0.15, 0.2) is 0 Å². The number of carbonyl (C=O) groups is 3. The van der Waals surface area contributed by atoms with Crippen molar-refractivity contribution in [1.29, 1.82) is 0 Å². The fraction of sp³-hybridized carbons (Fsp3) is 0.526. The molecule has 0 spiro atoms. The largest absolute Gasteiger partial charge is 0.375 e. The third-order valence-electron chi connectivity index (χ3n) is 4.58. The van der Waals surface area contributed by atoms with E-state index in [9.17, 15) is 22.8 Å². The minimum absolute atomic E-state index is 0.0511. The zero-order valence-electron chi connectivity index (χ0n) is 17.1. The maximum Gasteiger partial charge on any atom is 0.245 e. The number of nitrogens with one attached hydrogen (secondary N) is 3. The molecule has 1 heterocycles. The summed E-state index contributed by atoms with van der Waals surface area (Å²) < 4.78 is 31.7. The minimum atomic E-state index is -3.64. The molecule has 0 saturated carbocycles. The monoisotopic (exact) mass is 440 g/mol. The van der Waals surface area contributed by atoms with E-state index in [2.05, 4.69) is 16.0 Å². The van der Waals surface area contributed by atoms with Crippen LogP contribution >= 0.6 is 0 Å². The minimum Gasteiger partial charge on any atom is -0.375 e. The summed E-state index contributed by atoms with van der Waals surface area (Å²) in [5.74, 6) is -0.705. The van der Waals surface area contributed by atoms with E-state index in [4.69, 9.17) is 4.74 Å². The maximum atomic E-state index is 12.8. The van der Waals surface area contributed by atoms with Crippen molar-refractivity contribution in [1.82, 2.24) is 14.9 Å². The number of hydrogen-bond acceptors (Lipinski definition) is 6. The fourth-order valence-electron chi connectivity index (χ4n) is 3.10. The van der Waals surface area contributed by atoms with Gasteiger partial charge >= 0.3 is 0 Å². The first-order valence-corrected chi connectivity index (χ1v) is 11.1. The van der Waals surface area contributed by atoms with Crippen LogP contribution in [0.15, 0.2) is 29.2 Å². The number of rotatable bonds is 9. The first kappa shape index (κ1) is 23.8. The van der Waals surface area contributed by atoms with E-state index in [-0.39, 0.29) is 48.2 Å². The van der Waals surface area contributed by atoms with Gasteiger partial charge in [-0.05, 0) is 37.1 Å². The zero-order chi connectivity index (χ0) is 22.1. The molecule has 3 amide bonds. The van der Waals surface area contributed by atoms with Crippen LogP contribution in [0.4, 0.5) is 5.69 Å². The Hall–Kier alpha value is -2.50. The predicted molar refractivity (Wildman–Crippen MR) is 110 cm³/mol. The van der Waals surface area contributed by atoms with Crippen molar-refractivity contribution in [3.05, 3.63) is 24.3 Å². The van der Waals surface area contributed by atoms with E-state index in [1.54, 1.807) is 12.1 Å². The van der Waals surface area contributed by atoms with Gasteiger partial charge in [0, 0.05) is 51.8 Å². The number of anilines is 1. The summed E-state index contributed by atoms with van der Waals surface area (Å²) in [5, 5.41) is 8.05. The molecule has 0 bridgehead atoms. The second-order valence-electron chi connectivity index (χ2n) is 6.98. The van der Waals surface area contributed by atoms with Crippen molar-refractivity contribution in [3.63, 3.8) is 0 Å². The van der Waals surface area contributed by atoms with Gasteiger partial charge in [0.25, 0.3) is 0 Å². The molecular weight excluding hydrogens is 412 g/mol. The van der Waals surface area contributed by atoms with Gasteiger partial charge < -0.3 is 20.7 Å². The lowest BCUT2D eigenvalue weighted by atomic mass is 10.1. The van der Waals surface area contributed by atoms with Crippen LogP contribution in [0.1, 0.15) is 26.2 Å². The van der Waals surface area contributed by atoms with Crippen LogP contribution in [0.3, 0.4) is 0 Å². The van der Waals surface area contributed by atoms with Gasteiger partial charge in [-0.3, -0.25) is 14.4 Å². The number of piperidine rings is 1. The standard InChI is InChI=1S/C19H28N4O6S/c1-14(24)21-15-3-5-17(6-4-15)30(27,28)23-11-8-16(9-12-23)22-18(25)7-10-20-19(26)13-29-2/h3-6,16H,7-13H2,1-2H3,(H,20,26)(H,21,24)(H,22,25). The molecule has 0 atom stereocenters. The van der Waals surface area contributed by atoms with Crippen LogP contribution in [0, 0.1) is 0 Å².